The molecule has 0 radical (unpaired) electrons. The van der Waals surface area contributed by atoms with E-state index in [2.05, 4.69) is 4.72 Å². The van der Waals surface area contributed by atoms with Crippen molar-refractivity contribution in [2.75, 3.05) is 5.73 Å². The molecule has 1 rings (SSSR count). The van der Waals surface area contributed by atoms with E-state index in [0.717, 1.165) is 0 Å². The van der Waals surface area contributed by atoms with Gasteiger partial charge in [0.1, 0.15) is 0 Å². The molecule has 0 atom stereocenters. The Morgan fingerprint density at radius 3 is 2.57 bits per heavy atom. The van der Waals surface area contributed by atoms with Crippen molar-refractivity contribution in [2.45, 2.75) is 31.2 Å². The van der Waals surface area contributed by atoms with Gasteiger partial charge in [-0.1, -0.05) is 6.07 Å². The van der Waals surface area contributed by atoms with Crippen molar-refractivity contribution in [1.82, 2.24) is 4.72 Å². The lowest BCUT2D eigenvalue weighted by Crippen LogP contribution is -2.29. The predicted octanol–water partition coefficient (Wildman–Crippen LogP) is 2.80. The van der Waals surface area contributed by atoms with Crippen LogP contribution in [0.15, 0.2) is 23.1 Å². The van der Waals surface area contributed by atoms with Crippen LogP contribution in [0.2, 0.25) is 0 Å². The molecule has 1 aromatic carbocycles. The molecule has 0 fully saturated rings. The van der Waals surface area contributed by atoms with Crippen molar-refractivity contribution in [1.29, 1.82) is 0 Å². The van der Waals surface area contributed by atoms with E-state index in [-0.39, 0.29) is 17.0 Å². The molecule has 78 valence electrons. The molecule has 0 aliphatic rings. The number of halogens is 1. The van der Waals surface area contributed by atoms with Crippen LogP contribution in [0.25, 0.3) is 0 Å². The highest BCUT2D eigenvalue weighted by atomic mass is 32.2. The topological polar surface area (TPSA) is 38.0 Å². The van der Waals surface area contributed by atoms with Crippen LogP contribution in [0.5, 0.6) is 0 Å². The Kier molecular flexibility index (Phi) is 3.39. The molecule has 3 N–H and O–H groups in total. The number of nitrogens with two attached hydrogens (primary N) is 1. The molecule has 0 unspecified atom stereocenters. The molecule has 0 amide bonds. The monoisotopic (exact) mass is 214 g/mol. The van der Waals surface area contributed by atoms with Crippen molar-refractivity contribution in [2.24, 2.45) is 0 Å². The standard InChI is InChI=1S/C10H15FN2S/c1-10(2,3)13-14-8-6-4-5-7(12)9(8)11/h4-6,13H,12H2,1-3H3. The van der Waals surface area contributed by atoms with Crippen molar-refractivity contribution < 1.29 is 4.39 Å². The van der Waals surface area contributed by atoms with Crippen LogP contribution in [-0.4, -0.2) is 5.54 Å². The summed E-state index contributed by atoms with van der Waals surface area (Å²) in [7, 11) is 0. The number of hydrogen-bond acceptors (Lipinski definition) is 3. The zero-order valence-corrected chi connectivity index (χ0v) is 9.41. The summed E-state index contributed by atoms with van der Waals surface area (Å²) in [5.74, 6) is -0.353. The quantitative estimate of drug-likeness (QED) is 0.587. The fourth-order valence-corrected chi connectivity index (χ4v) is 1.58. The van der Waals surface area contributed by atoms with Gasteiger partial charge in [0.25, 0.3) is 0 Å². The highest BCUT2D eigenvalue weighted by Gasteiger charge is 2.12. The van der Waals surface area contributed by atoms with Crippen LogP contribution in [0.4, 0.5) is 10.1 Å². The van der Waals surface area contributed by atoms with E-state index < -0.39 is 0 Å². The first kappa shape index (κ1) is 11.3. The predicted molar refractivity (Wildman–Crippen MR) is 59.6 cm³/mol. The highest BCUT2D eigenvalue weighted by molar-refractivity contribution is 7.97. The lowest BCUT2D eigenvalue weighted by Gasteiger charge is -2.19. The van der Waals surface area contributed by atoms with Gasteiger partial charge in [-0.3, -0.25) is 4.72 Å². The Labute approximate surface area is 88.2 Å². The maximum atomic E-state index is 13.4. The second-order valence-corrected chi connectivity index (χ2v) is 4.96. The van der Waals surface area contributed by atoms with Gasteiger partial charge in [0.15, 0.2) is 5.82 Å². The molecule has 0 aliphatic carbocycles. The van der Waals surface area contributed by atoms with Gasteiger partial charge < -0.3 is 5.73 Å². The summed E-state index contributed by atoms with van der Waals surface area (Å²) >= 11 is 1.26. The third kappa shape index (κ3) is 3.20. The second-order valence-electron chi connectivity index (χ2n) is 4.11. The Hall–Kier alpha value is -0.740. The maximum absolute atomic E-state index is 13.4. The first-order chi connectivity index (χ1) is 6.40. The molecule has 0 aliphatic heterocycles. The van der Waals surface area contributed by atoms with E-state index >= 15 is 0 Å². The van der Waals surface area contributed by atoms with Gasteiger partial charge in [-0.05, 0) is 44.9 Å². The highest BCUT2D eigenvalue weighted by Crippen LogP contribution is 2.24. The molecule has 1 aromatic rings. The average Bonchev–Trinajstić information content (AvgIpc) is 2.06. The molecule has 0 spiro atoms. The number of anilines is 1. The number of nitrogen functional groups attached to an aromatic ring is 1. The molecule has 0 heterocycles. The van der Waals surface area contributed by atoms with Crippen LogP contribution in [0.1, 0.15) is 20.8 Å². The van der Waals surface area contributed by atoms with Crippen LogP contribution in [0.3, 0.4) is 0 Å². The minimum Gasteiger partial charge on any atom is -0.396 e. The lowest BCUT2D eigenvalue weighted by atomic mass is 10.1. The van der Waals surface area contributed by atoms with Gasteiger partial charge in [0.2, 0.25) is 0 Å². The maximum Gasteiger partial charge on any atom is 0.160 e. The molecule has 2 nitrogen and oxygen atoms in total. The van der Waals surface area contributed by atoms with Crippen LogP contribution < -0.4 is 10.5 Å². The van der Waals surface area contributed by atoms with Gasteiger partial charge in [0.05, 0.1) is 10.6 Å². The summed E-state index contributed by atoms with van der Waals surface area (Å²) in [6, 6.07) is 5.00. The summed E-state index contributed by atoms with van der Waals surface area (Å²) in [4.78, 5) is 0.528. The zero-order valence-electron chi connectivity index (χ0n) is 8.60. The van der Waals surface area contributed by atoms with Crippen molar-refractivity contribution in [3.8, 4) is 0 Å². The van der Waals surface area contributed by atoms with Gasteiger partial charge >= 0.3 is 0 Å². The van der Waals surface area contributed by atoms with Crippen molar-refractivity contribution in [3.05, 3.63) is 24.0 Å². The summed E-state index contributed by atoms with van der Waals surface area (Å²) in [6.45, 7) is 6.05. The fourth-order valence-electron chi connectivity index (χ4n) is 0.815. The minimum absolute atomic E-state index is 0.0539. The molecule has 0 aromatic heterocycles. The van der Waals surface area contributed by atoms with E-state index in [1.165, 1.54) is 11.9 Å². The third-order valence-corrected chi connectivity index (χ3v) is 2.71. The van der Waals surface area contributed by atoms with E-state index in [1.54, 1.807) is 18.2 Å². The summed E-state index contributed by atoms with van der Waals surface area (Å²) in [5.41, 5.74) is 5.58. The van der Waals surface area contributed by atoms with Gasteiger partial charge in [-0.15, -0.1) is 0 Å². The zero-order chi connectivity index (χ0) is 10.8. The second kappa shape index (κ2) is 4.19. The molecule has 0 saturated carbocycles. The Morgan fingerprint density at radius 1 is 1.36 bits per heavy atom. The normalized spacial score (nSPS) is 11.7. The number of nitrogens with one attached hydrogen (secondary N) is 1. The number of benzene rings is 1. The van der Waals surface area contributed by atoms with E-state index in [9.17, 15) is 4.39 Å². The van der Waals surface area contributed by atoms with Gasteiger partial charge in [0, 0.05) is 5.54 Å². The first-order valence-electron chi connectivity index (χ1n) is 4.38. The molecular formula is C10H15FN2S. The van der Waals surface area contributed by atoms with Crippen LogP contribution in [-0.2, 0) is 0 Å². The lowest BCUT2D eigenvalue weighted by molar-refractivity contribution is 0.533. The van der Waals surface area contributed by atoms with E-state index in [4.69, 9.17) is 5.73 Å². The van der Waals surface area contributed by atoms with E-state index in [0.29, 0.717) is 4.90 Å². The Balaban J connectivity index is 2.73. The van der Waals surface area contributed by atoms with Gasteiger partial charge in [-0.25, -0.2) is 4.39 Å². The summed E-state index contributed by atoms with van der Waals surface area (Å²) in [6.07, 6.45) is 0. The molecular weight excluding hydrogens is 199 g/mol. The van der Waals surface area contributed by atoms with Crippen LogP contribution >= 0.6 is 11.9 Å². The Bertz CT molecular complexity index is 320. The molecule has 0 bridgehead atoms. The largest absolute Gasteiger partial charge is 0.396 e. The molecule has 14 heavy (non-hydrogen) atoms. The van der Waals surface area contributed by atoms with Gasteiger partial charge in [-0.2, -0.15) is 0 Å². The number of hydrogen-bond donors (Lipinski definition) is 2. The average molecular weight is 214 g/mol. The number of rotatable bonds is 2. The molecule has 0 saturated heterocycles. The summed E-state index contributed by atoms with van der Waals surface area (Å²) < 4.78 is 16.5. The van der Waals surface area contributed by atoms with Crippen LogP contribution in [0, 0.1) is 5.82 Å². The summed E-state index contributed by atoms with van der Waals surface area (Å²) in [5, 5.41) is 0. The fraction of sp³-hybridized carbons (Fsp3) is 0.400. The molecule has 4 heteroatoms. The Morgan fingerprint density at radius 2 is 2.00 bits per heavy atom. The van der Waals surface area contributed by atoms with E-state index in [1.807, 2.05) is 20.8 Å². The smallest absolute Gasteiger partial charge is 0.160 e. The SMILES string of the molecule is CC(C)(C)NSc1cccc(N)c1F. The first-order valence-corrected chi connectivity index (χ1v) is 5.20. The van der Waals surface area contributed by atoms with Crippen molar-refractivity contribution in [3.63, 3.8) is 0 Å². The minimum atomic E-state index is -0.353. The third-order valence-electron chi connectivity index (χ3n) is 1.46. The van der Waals surface area contributed by atoms with Crippen molar-refractivity contribution >= 4 is 17.6 Å².